The second-order valence-corrected chi connectivity index (χ2v) is 9.13. The molecule has 1 aromatic heterocycles. The molecule has 37 heavy (non-hydrogen) atoms. The van der Waals surface area contributed by atoms with Crippen LogP contribution in [0.2, 0.25) is 0 Å². The van der Waals surface area contributed by atoms with Crippen LogP contribution in [-0.2, 0) is 16.1 Å². The first-order valence-corrected chi connectivity index (χ1v) is 12.0. The molecule has 0 radical (unpaired) electrons. The third-order valence-electron chi connectivity index (χ3n) is 6.06. The number of rotatable bonds is 9. The lowest BCUT2D eigenvalue weighted by molar-refractivity contribution is -0.140. The predicted molar refractivity (Wildman–Crippen MR) is 138 cm³/mol. The van der Waals surface area contributed by atoms with Crippen LogP contribution >= 0.6 is 0 Å². The first-order valence-electron chi connectivity index (χ1n) is 12.0. The zero-order valence-corrected chi connectivity index (χ0v) is 21.3. The first-order chi connectivity index (χ1) is 17.8. The molecule has 1 fully saturated rings. The number of ketones is 1. The van der Waals surface area contributed by atoms with Crippen LogP contribution in [0.15, 0.2) is 72.6 Å². The molecule has 0 spiro atoms. The van der Waals surface area contributed by atoms with E-state index in [0.717, 1.165) is 5.56 Å². The van der Waals surface area contributed by atoms with E-state index in [0.29, 0.717) is 35.3 Å². The number of pyridine rings is 1. The van der Waals surface area contributed by atoms with E-state index in [2.05, 4.69) is 18.8 Å². The van der Waals surface area contributed by atoms with Crippen molar-refractivity contribution in [2.45, 2.75) is 26.4 Å². The van der Waals surface area contributed by atoms with Crippen LogP contribution in [0.3, 0.4) is 0 Å². The van der Waals surface area contributed by atoms with Crippen LogP contribution in [0.4, 0.5) is 0 Å². The molecular weight excluding hydrogens is 472 g/mol. The highest BCUT2D eigenvalue weighted by molar-refractivity contribution is 6.46. The summed E-state index contributed by atoms with van der Waals surface area (Å²) in [6, 6.07) is 14.9. The third kappa shape index (κ3) is 5.43. The van der Waals surface area contributed by atoms with Crippen molar-refractivity contribution in [2.24, 2.45) is 5.92 Å². The normalized spacial score (nSPS) is 16.8. The lowest BCUT2D eigenvalue weighted by Crippen LogP contribution is -2.29. The van der Waals surface area contributed by atoms with Crippen molar-refractivity contribution in [1.82, 2.24) is 9.88 Å². The minimum atomic E-state index is -0.855. The summed E-state index contributed by atoms with van der Waals surface area (Å²) in [5.74, 6) is -0.0972. The average molecular weight is 503 g/mol. The summed E-state index contributed by atoms with van der Waals surface area (Å²) in [6.07, 6.45) is 3.25. The molecule has 3 aromatic rings. The van der Waals surface area contributed by atoms with Crippen molar-refractivity contribution in [3.05, 3.63) is 89.3 Å². The molecule has 4 rings (SSSR count). The van der Waals surface area contributed by atoms with E-state index in [9.17, 15) is 14.7 Å². The van der Waals surface area contributed by atoms with Gasteiger partial charge in [0, 0.05) is 18.9 Å². The standard InChI is InChI=1S/C29H30N2O6/c1-18(2)17-37-22-7-5-6-20(14-22)26-25(27(32)23-15-21(35-3)8-9-24(23)36-4)28(33)29(34)31(26)16-19-10-12-30-13-11-19/h5-15,18,26,32H,16-17H2,1-4H3/b27-25+. The van der Waals surface area contributed by atoms with Crippen LogP contribution < -0.4 is 14.2 Å². The van der Waals surface area contributed by atoms with E-state index in [-0.39, 0.29) is 23.4 Å². The molecule has 0 aliphatic carbocycles. The van der Waals surface area contributed by atoms with Gasteiger partial charge in [0.25, 0.3) is 11.7 Å². The quantitative estimate of drug-likeness (QED) is 0.256. The van der Waals surface area contributed by atoms with Crippen molar-refractivity contribution < 1.29 is 28.9 Å². The number of benzene rings is 2. The van der Waals surface area contributed by atoms with E-state index >= 15 is 0 Å². The first kappa shape index (κ1) is 25.8. The molecule has 0 bridgehead atoms. The average Bonchev–Trinajstić information content (AvgIpc) is 3.16. The number of hydrogen-bond donors (Lipinski definition) is 1. The van der Waals surface area contributed by atoms with Gasteiger partial charge < -0.3 is 24.2 Å². The fraction of sp³-hybridized carbons (Fsp3) is 0.276. The summed E-state index contributed by atoms with van der Waals surface area (Å²) < 4.78 is 16.7. The molecule has 192 valence electrons. The minimum absolute atomic E-state index is 0.0355. The minimum Gasteiger partial charge on any atom is -0.507 e. The summed E-state index contributed by atoms with van der Waals surface area (Å²) in [5, 5.41) is 11.5. The summed E-state index contributed by atoms with van der Waals surface area (Å²) in [7, 11) is 2.97. The van der Waals surface area contributed by atoms with E-state index in [1.807, 2.05) is 18.2 Å². The van der Waals surface area contributed by atoms with Gasteiger partial charge in [-0.15, -0.1) is 0 Å². The lowest BCUT2D eigenvalue weighted by atomic mass is 9.94. The van der Waals surface area contributed by atoms with Crippen molar-refractivity contribution in [2.75, 3.05) is 20.8 Å². The second-order valence-electron chi connectivity index (χ2n) is 9.13. The van der Waals surface area contributed by atoms with Gasteiger partial charge in [-0.1, -0.05) is 26.0 Å². The number of methoxy groups -OCH3 is 2. The van der Waals surface area contributed by atoms with Gasteiger partial charge in [-0.25, -0.2) is 0 Å². The number of carbonyl (C=O) groups is 2. The van der Waals surface area contributed by atoms with Crippen molar-refractivity contribution in [3.8, 4) is 17.2 Å². The molecule has 0 saturated carbocycles. The van der Waals surface area contributed by atoms with E-state index < -0.39 is 17.7 Å². The van der Waals surface area contributed by atoms with Crippen molar-refractivity contribution in [3.63, 3.8) is 0 Å². The summed E-state index contributed by atoms with van der Waals surface area (Å²) in [5.41, 5.74) is 1.65. The fourth-order valence-electron chi connectivity index (χ4n) is 4.26. The van der Waals surface area contributed by atoms with Crippen LogP contribution in [0.25, 0.3) is 5.76 Å². The van der Waals surface area contributed by atoms with Crippen molar-refractivity contribution >= 4 is 17.4 Å². The van der Waals surface area contributed by atoms with Crippen LogP contribution in [-0.4, -0.2) is 47.5 Å². The van der Waals surface area contributed by atoms with Gasteiger partial charge in [0.05, 0.1) is 38.0 Å². The monoisotopic (exact) mass is 502 g/mol. The molecule has 1 aliphatic heterocycles. The zero-order chi connectivity index (χ0) is 26.5. The molecule has 1 aliphatic rings. The number of Topliss-reactive ketones (excluding diaryl/α,β-unsaturated/α-hetero) is 1. The van der Waals surface area contributed by atoms with Crippen LogP contribution in [0.5, 0.6) is 17.2 Å². The predicted octanol–water partition coefficient (Wildman–Crippen LogP) is 4.76. The number of nitrogens with zero attached hydrogens (tertiary/aromatic N) is 2. The smallest absolute Gasteiger partial charge is 0.295 e. The van der Waals surface area contributed by atoms with Gasteiger partial charge in [-0.2, -0.15) is 0 Å². The highest BCUT2D eigenvalue weighted by Crippen LogP contribution is 2.43. The van der Waals surface area contributed by atoms with Crippen molar-refractivity contribution in [1.29, 1.82) is 0 Å². The van der Waals surface area contributed by atoms with Crippen LogP contribution in [0.1, 0.15) is 36.6 Å². The molecule has 1 unspecified atom stereocenters. The summed E-state index contributed by atoms with van der Waals surface area (Å²) in [4.78, 5) is 32.3. The highest BCUT2D eigenvalue weighted by Gasteiger charge is 2.46. The van der Waals surface area contributed by atoms with E-state index in [4.69, 9.17) is 14.2 Å². The maximum atomic E-state index is 13.4. The Morgan fingerprint density at radius 1 is 1.00 bits per heavy atom. The van der Waals surface area contributed by atoms with E-state index in [1.54, 1.807) is 48.8 Å². The Balaban J connectivity index is 1.88. The molecule has 1 N–H and O–H groups in total. The number of aliphatic hydroxyl groups is 1. The Bertz CT molecular complexity index is 1320. The number of amides is 1. The molecule has 8 heteroatoms. The number of ether oxygens (including phenoxy) is 3. The number of aromatic nitrogens is 1. The van der Waals surface area contributed by atoms with Gasteiger partial charge in [-0.05, 0) is 59.5 Å². The number of aliphatic hydroxyl groups excluding tert-OH is 1. The maximum Gasteiger partial charge on any atom is 0.295 e. The molecule has 1 saturated heterocycles. The highest BCUT2D eigenvalue weighted by atomic mass is 16.5. The topological polar surface area (TPSA) is 98.2 Å². The fourth-order valence-corrected chi connectivity index (χ4v) is 4.26. The molecule has 1 atom stereocenters. The molecular formula is C29H30N2O6. The van der Waals surface area contributed by atoms with Gasteiger partial charge in [0.15, 0.2) is 0 Å². The van der Waals surface area contributed by atoms with Crippen LogP contribution in [0, 0.1) is 5.92 Å². The second kappa shape index (κ2) is 11.2. The summed E-state index contributed by atoms with van der Waals surface area (Å²) >= 11 is 0. The Hall–Kier alpha value is -4.33. The van der Waals surface area contributed by atoms with Gasteiger partial charge >= 0.3 is 0 Å². The molecule has 2 aromatic carbocycles. The number of carbonyl (C=O) groups excluding carboxylic acids is 2. The Morgan fingerprint density at radius 3 is 2.43 bits per heavy atom. The van der Waals surface area contributed by atoms with Gasteiger partial charge in [0.2, 0.25) is 0 Å². The molecule has 2 heterocycles. The zero-order valence-electron chi connectivity index (χ0n) is 21.3. The number of likely N-dealkylation sites (tertiary alicyclic amines) is 1. The number of hydrogen-bond acceptors (Lipinski definition) is 7. The largest absolute Gasteiger partial charge is 0.507 e. The lowest BCUT2D eigenvalue weighted by Gasteiger charge is -2.26. The molecule has 1 amide bonds. The van der Waals surface area contributed by atoms with Gasteiger partial charge in [0.1, 0.15) is 23.0 Å². The summed E-state index contributed by atoms with van der Waals surface area (Å²) in [6.45, 7) is 4.77. The maximum absolute atomic E-state index is 13.4. The molecule has 8 nitrogen and oxygen atoms in total. The Labute approximate surface area is 216 Å². The third-order valence-corrected chi connectivity index (χ3v) is 6.06. The Kier molecular flexibility index (Phi) is 7.77. The SMILES string of the molecule is COc1ccc(OC)c(/C(O)=C2\C(=O)C(=O)N(Cc3ccncc3)C2c2cccc(OCC(C)C)c2)c1. The van der Waals surface area contributed by atoms with Gasteiger partial charge in [-0.3, -0.25) is 14.6 Å². The Morgan fingerprint density at radius 2 is 1.76 bits per heavy atom. The van der Waals surface area contributed by atoms with E-state index in [1.165, 1.54) is 19.1 Å².